The van der Waals surface area contributed by atoms with Crippen LogP contribution in [0, 0.1) is 13.8 Å². The van der Waals surface area contributed by atoms with Crippen molar-refractivity contribution in [3.8, 4) is 0 Å². The molecule has 1 N–H and O–H groups in total. The van der Waals surface area contributed by atoms with E-state index in [-0.39, 0.29) is 11.2 Å². The first-order valence-corrected chi connectivity index (χ1v) is 10.1. The number of benzene rings is 1. The zero-order valence-corrected chi connectivity index (χ0v) is 16.9. The number of thioether (sulfide) groups is 1. The van der Waals surface area contributed by atoms with Crippen molar-refractivity contribution >= 4 is 23.4 Å². The highest BCUT2D eigenvalue weighted by molar-refractivity contribution is 8.00. The number of aryl methyl sites for hydroxylation is 2. The third kappa shape index (κ3) is 5.76. The molecule has 1 unspecified atom stereocenters. The number of anilines is 1. The lowest BCUT2D eigenvalue weighted by Gasteiger charge is -2.27. The maximum absolute atomic E-state index is 12.7. The lowest BCUT2D eigenvalue weighted by molar-refractivity contribution is -0.115. The minimum absolute atomic E-state index is 0.0443. The summed E-state index contributed by atoms with van der Waals surface area (Å²) in [5, 5.41) is 3.42. The van der Waals surface area contributed by atoms with E-state index in [1.807, 2.05) is 45.0 Å². The summed E-state index contributed by atoms with van der Waals surface area (Å²) in [5.74, 6) is -0.0443. The summed E-state index contributed by atoms with van der Waals surface area (Å²) in [6.45, 7) is 9.91. The van der Waals surface area contributed by atoms with E-state index in [4.69, 9.17) is 4.74 Å². The highest BCUT2D eigenvalue weighted by Gasteiger charge is 2.19. The van der Waals surface area contributed by atoms with Gasteiger partial charge in [-0.1, -0.05) is 30.0 Å². The molecule has 0 bridgehead atoms. The average molecular weight is 387 g/mol. The van der Waals surface area contributed by atoms with Crippen LogP contribution in [0.4, 0.5) is 5.69 Å². The van der Waals surface area contributed by atoms with E-state index in [0.717, 1.165) is 55.5 Å². The minimum atomic E-state index is -0.289. The third-order valence-electron chi connectivity index (χ3n) is 4.39. The van der Waals surface area contributed by atoms with Crippen LogP contribution < -0.4 is 5.32 Å². The lowest BCUT2D eigenvalue weighted by Crippen LogP contribution is -2.36. The summed E-state index contributed by atoms with van der Waals surface area (Å²) in [6.07, 6.45) is 0. The van der Waals surface area contributed by atoms with Gasteiger partial charge in [0.15, 0.2) is 5.16 Å². The number of rotatable bonds is 6. The van der Waals surface area contributed by atoms with Crippen molar-refractivity contribution in [1.82, 2.24) is 14.9 Å². The van der Waals surface area contributed by atoms with Crippen LogP contribution >= 0.6 is 11.8 Å². The van der Waals surface area contributed by atoms with Crippen LogP contribution in [0.15, 0.2) is 35.5 Å². The van der Waals surface area contributed by atoms with E-state index < -0.39 is 0 Å². The second-order valence-corrected chi connectivity index (χ2v) is 8.04. The summed E-state index contributed by atoms with van der Waals surface area (Å²) in [7, 11) is 0. The standard InChI is InChI=1S/C20H26N4O2S/c1-14-12-15(2)22-20(21-14)27-16(3)19(25)23-18-7-5-4-6-17(18)13-24-8-10-26-11-9-24/h4-7,12,16H,8-11,13H2,1-3H3,(H,23,25). The topological polar surface area (TPSA) is 67.4 Å². The summed E-state index contributed by atoms with van der Waals surface area (Å²) in [5.41, 5.74) is 3.80. The Morgan fingerprint density at radius 1 is 1.22 bits per heavy atom. The van der Waals surface area contributed by atoms with E-state index in [1.165, 1.54) is 11.8 Å². The minimum Gasteiger partial charge on any atom is -0.379 e. The van der Waals surface area contributed by atoms with Crippen LogP contribution in [0.2, 0.25) is 0 Å². The summed E-state index contributed by atoms with van der Waals surface area (Å²) in [4.78, 5) is 23.9. The van der Waals surface area contributed by atoms with Gasteiger partial charge >= 0.3 is 0 Å². The van der Waals surface area contributed by atoms with Gasteiger partial charge in [0.25, 0.3) is 0 Å². The molecule has 1 aliphatic heterocycles. The monoisotopic (exact) mass is 386 g/mol. The number of para-hydroxylation sites is 1. The number of carbonyl (C=O) groups excluding carboxylic acids is 1. The second-order valence-electron chi connectivity index (χ2n) is 6.73. The molecule has 0 saturated carbocycles. The number of aromatic nitrogens is 2. The van der Waals surface area contributed by atoms with Gasteiger partial charge in [-0.3, -0.25) is 9.69 Å². The van der Waals surface area contributed by atoms with Crippen LogP contribution in [0.3, 0.4) is 0 Å². The molecule has 0 radical (unpaired) electrons. The maximum Gasteiger partial charge on any atom is 0.237 e. The highest BCUT2D eigenvalue weighted by Crippen LogP contribution is 2.23. The van der Waals surface area contributed by atoms with Crippen molar-refractivity contribution in [1.29, 1.82) is 0 Å². The normalized spacial score (nSPS) is 16.1. The van der Waals surface area contributed by atoms with Crippen molar-refractivity contribution in [2.24, 2.45) is 0 Å². The van der Waals surface area contributed by atoms with Crippen molar-refractivity contribution in [2.75, 3.05) is 31.6 Å². The fraction of sp³-hybridized carbons (Fsp3) is 0.450. The molecule has 1 fully saturated rings. The Bertz CT molecular complexity index is 773. The van der Waals surface area contributed by atoms with Crippen LogP contribution in [-0.4, -0.2) is 52.3 Å². The van der Waals surface area contributed by atoms with E-state index in [0.29, 0.717) is 5.16 Å². The molecule has 2 aromatic rings. The number of hydrogen-bond acceptors (Lipinski definition) is 6. The van der Waals surface area contributed by atoms with Crippen molar-refractivity contribution in [3.63, 3.8) is 0 Å². The van der Waals surface area contributed by atoms with Crippen molar-refractivity contribution in [3.05, 3.63) is 47.3 Å². The molecule has 1 atom stereocenters. The average Bonchev–Trinajstić information content (AvgIpc) is 2.63. The molecule has 1 aliphatic rings. The van der Waals surface area contributed by atoms with Crippen LogP contribution in [0.25, 0.3) is 0 Å². The third-order valence-corrected chi connectivity index (χ3v) is 5.35. The summed E-state index contributed by atoms with van der Waals surface area (Å²) in [6, 6.07) is 9.90. The molecule has 1 aromatic carbocycles. The lowest BCUT2D eigenvalue weighted by atomic mass is 10.1. The van der Waals surface area contributed by atoms with Crippen LogP contribution in [0.5, 0.6) is 0 Å². The van der Waals surface area contributed by atoms with E-state index >= 15 is 0 Å². The molecular weight excluding hydrogens is 360 g/mol. The van der Waals surface area contributed by atoms with Gasteiger partial charge < -0.3 is 10.1 Å². The fourth-order valence-electron chi connectivity index (χ4n) is 2.97. The fourth-order valence-corrected chi connectivity index (χ4v) is 3.85. The predicted octanol–water partition coefficient (Wildman–Crippen LogP) is 3.04. The molecule has 2 heterocycles. The molecule has 7 heteroatoms. The molecule has 1 aromatic heterocycles. The molecule has 144 valence electrons. The first kappa shape index (κ1) is 19.8. The molecular formula is C20H26N4O2S. The summed E-state index contributed by atoms with van der Waals surface area (Å²) >= 11 is 1.38. The van der Waals surface area contributed by atoms with Gasteiger partial charge in [0.2, 0.25) is 5.91 Å². The number of hydrogen-bond donors (Lipinski definition) is 1. The first-order chi connectivity index (χ1) is 13.0. The second kappa shape index (κ2) is 9.30. The number of amides is 1. The molecule has 6 nitrogen and oxygen atoms in total. The molecule has 3 rings (SSSR count). The first-order valence-electron chi connectivity index (χ1n) is 9.19. The van der Waals surface area contributed by atoms with Gasteiger partial charge in [0, 0.05) is 36.7 Å². The number of ether oxygens (including phenoxy) is 1. The van der Waals surface area contributed by atoms with Crippen molar-refractivity contribution < 1.29 is 9.53 Å². The predicted molar refractivity (Wildman–Crippen MR) is 108 cm³/mol. The number of morpholine rings is 1. The highest BCUT2D eigenvalue weighted by atomic mass is 32.2. The number of nitrogens with zero attached hydrogens (tertiary/aromatic N) is 3. The molecule has 27 heavy (non-hydrogen) atoms. The van der Waals surface area contributed by atoms with Gasteiger partial charge in [-0.2, -0.15) is 0 Å². The van der Waals surface area contributed by atoms with Gasteiger partial charge in [0.05, 0.1) is 18.5 Å². The quantitative estimate of drug-likeness (QED) is 0.608. The van der Waals surface area contributed by atoms with E-state index in [2.05, 4.69) is 26.3 Å². The smallest absolute Gasteiger partial charge is 0.237 e. The van der Waals surface area contributed by atoms with E-state index in [1.54, 1.807) is 0 Å². The molecule has 0 spiro atoms. The zero-order valence-electron chi connectivity index (χ0n) is 16.1. The van der Waals surface area contributed by atoms with E-state index in [9.17, 15) is 4.79 Å². The maximum atomic E-state index is 12.7. The van der Waals surface area contributed by atoms with Gasteiger partial charge in [-0.05, 0) is 38.5 Å². The Balaban J connectivity index is 1.64. The summed E-state index contributed by atoms with van der Waals surface area (Å²) < 4.78 is 5.41. The molecule has 1 amide bonds. The van der Waals surface area contributed by atoms with Crippen LogP contribution in [0.1, 0.15) is 23.9 Å². The Labute approximate surface area is 164 Å². The van der Waals surface area contributed by atoms with Gasteiger partial charge in [-0.15, -0.1) is 0 Å². The van der Waals surface area contributed by atoms with Gasteiger partial charge in [-0.25, -0.2) is 9.97 Å². The zero-order chi connectivity index (χ0) is 19.2. The van der Waals surface area contributed by atoms with Crippen molar-refractivity contribution in [2.45, 2.75) is 37.7 Å². The van der Waals surface area contributed by atoms with Gasteiger partial charge in [0.1, 0.15) is 0 Å². The Hall–Kier alpha value is -1.96. The molecule has 0 aliphatic carbocycles. The molecule has 1 saturated heterocycles. The number of nitrogens with one attached hydrogen (secondary N) is 1. The largest absolute Gasteiger partial charge is 0.379 e. The Kier molecular flexibility index (Phi) is 6.82. The SMILES string of the molecule is Cc1cc(C)nc(SC(C)C(=O)Nc2ccccc2CN2CCOCC2)n1. The number of carbonyl (C=O) groups is 1. The Morgan fingerprint density at radius 2 is 1.89 bits per heavy atom. The van der Waals surface area contributed by atoms with Crippen LogP contribution in [-0.2, 0) is 16.1 Å². The Morgan fingerprint density at radius 3 is 2.59 bits per heavy atom.